The normalized spacial score (nSPS) is 20.7. The molecule has 0 aliphatic carbocycles. The lowest BCUT2D eigenvalue weighted by atomic mass is 9.84. The first-order chi connectivity index (χ1) is 15.5. The van der Waals surface area contributed by atoms with Gasteiger partial charge < -0.3 is 21.6 Å². The predicted molar refractivity (Wildman–Crippen MR) is 113 cm³/mol. The Morgan fingerprint density at radius 1 is 1.31 bits per heavy atom. The second-order valence-corrected chi connectivity index (χ2v) is 7.22. The maximum absolute atomic E-state index is 14.9. The van der Waals surface area contributed by atoms with E-state index in [-0.39, 0.29) is 24.6 Å². The molecule has 0 spiro atoms. The minimum absolute atomic E-state index is 0.0169. The maximum Gasteiger partial charge on any atom is 0.303 e. The second kappa shape index (κ2) is 8.66. The summed E-state index contributed by atoms with van der Waals surface area (Å²) in [6.07, 6.45) is 2.73. The summed E-state index contributed by atoms with van der Waals surface area (Å²) in [4.78, 5) is 21.7. The van der Waals surface area contributed by atoms with Crippen molar-refractivity contribution in [3.8, 4) is 6.07 Å². The molecule has 1 aliphatic rings. The van der Waals surface area contributed by atoms with Gasteiger partial charge in [0.25, 0.3) is 0 Å². The number of pyridine rings is 1. The summed E-state index contributed by atoms with van der Waals surface area (Å²) in [6.45, 7) is -0.919. The molecule has 164 valence electrons. The minimum Gasteiger partial charge on any atom is -0.371 e. The minimum atomic E-state index is -1.63. The lowest BCUT2D eigenvalue weighted by Gasteiger charge is -2.29. The Hall–Kier alpha value is -3.95. The number of nitrogens with two attached hydrogens (primary N) is 2. The van der Waals surface area contributed by atoms with Crippen molar-refractivity contribution in [2.45, 2.75) is 18.0 Å². The maximum atomic E-state index is 14.9. The van der Waals surface area contributed by atoms with Crippen molar-refractivity contribution < 1.29 is 13.6 Å². The van der Waals surface area contributed by atoms with Crippen molar-refractivity contribution in [3.63, 3.8) is 0 Å². The molecule has 4 rings (SSSR count). The first-order valence-electron chi connectivity index (χ1n) is 9.59. The largest absolute Gasteiger partial charge is 0.371 e. The first kappa shape index (κ1) is 21.3. The van der Waals surface area contributed by atoms with Crippen molar-refractivity contribution in [1.29, 1.82) is 5.26 Å². The van der Waals surface area contributed by atoms with E-state index >= 15 is 0 Å². The van der Waals surface area contributed by atoms with Crippen molar-refractivity contribution >= 4 is 28.6 Å². The Bertz CT molecular complexity index is 1230. The monoisotopic (exact) mass is 439 g/mol. The van der Waals surface area contributed by atoms with Crippen LogP contribution in [0.3, 0.4) is 0 Å². The summed E-state index contributed by atoms with van der Waals surface area (Å²) in [5.74, 6) is -0.327. The van der Waals surface area contributed by atoms with Crippen LogP contribution in [0.4, 0.5) is 20.3 Å². The molecule has 0 saturated heterocycles. The number of hydroxylamine groups is 1. The van der Waals surface area contributed by atoms with Gasteiger partial charge in [-0.05, 0) is 30.7 Å². The Balaban J connectivity index is 1.76. The number of nitrogens with zero attached hydrogens (tertiary/aromatic N) is 5. The summed E-state index contributed by atoms with van der Waals surface area (Å²) in [5.41, 5.74) is 14.0. The zero-order valence-electron chi connectivity index (χ0n) is 16.7. The molecule has 2 atom stereocenters. The number of aromatic nitrogens is 3. The zero-order valence-corrected chi connectivity index (χ0v) is 16.7. The van der Waals surface area contributed by atoms with Crippen LogP contribution in [-0.2, 0) is 10.4 Å². The van der Waals surface area contributed by atoms with Crippen LogP contribution in [-0.4, -0.2) is 40.2 Å². The summed E-state index contributed by atoms with van der Waals surface area (Å²) >= 11 is 0. The summed E-state index contributed by atoms with van der Waals surface area (Å²) in [7, 11) is 0. The van der Waals surface area contributed by atoms with Crippen molar-refractivity contribution in [3.05, 3.63) is 53.7 Å². The number of alkyl halides is 1. The lowest BCUT2D eigenvalue weighted by molar-refractivity contribution is 0.136. The zero-order chi connectivity index (χ0) is 22.7. The van der Waals surface area contributed by atoms with E-state index in [2.05, 4.69) is 30.7 Å². The van der Waals surface area contributed by atoms with Gasteiger partial charge >= 0.3 is 6.02 Å². The number of benzene rings is 1. The summed E-state index contributed by atoms with van der Waals surface area (Å²) < 4.78 is 29.3. The number of halogens is 2. The molecule has 3 aromatic rings. The smallest absolute Gasteiger partial charge is 0.303 e. The molecule has 0 radical (unpaired) electrons. The topological polar surface area (TPSA) is 160 Å². The van der Waals surface area contributed by atoms with Crippen LogP contribution in [0.2, 0.25) is 0 Å². The number of amidine groups is 1. The molecule has 12 heteroatoms. The fourth-order valence-corrected chi connectivity index (χ4v) is 3.52. The Labute approximate surface area is 181 Å². The highest BCUT2D eigenvalue weighted by Crippen LogP contribution is 2.37. The van der Waals surface area contributed by atoms with E-state index in [0.717, 1.165) is 0 Å². The number of nitriles is 1. The number of anilines is 2. The summed E-state index contributed by atoms with van der Waals surface area (Å²) in [6, 6.07) is 6.85. The van der Waals surface area contributed by atoms with Gasteiger partial charge in [0.1, 0.15) is 35.9 Å². The molecule has 0 amide bonds. The molecule has 10 nitrogen and oxygen atoms in total. The highest BCUT2D eigenvalue weighted by molar-refractivity contribution is 5.87. The molecule has 0 bridgehead atoms. The van der Waals surface area contributed by atoms with Crippen LogP contribution in [0.1, 0.15) is 17.5 Å². The fraction of sp³-hybridized carbons (Fsp3) is 0.250. The van der Waals surface area contributed by atoms with Gasteiger partial charge in [-0.3, -0.25) is 0 Å². The van der Waals surface area contributed by atoms with Crippen LogP contribution in [0, 0.1) is 17.1 Å². The van der Waals surface area contributed by atoms with E-state index < -0.39 is 24.1 Å². The second-order valence-electron chi connectivity index (χ2n) is 7.22. The molecule has 1 aromatic carbocycles. The molecule has 6 N–H and O–H groups in total. The Kier molecular flexibility index (Phi) is 5.76. The van der Waals surface area contributed by atoms with E-state index in [1.54, 1.807) is 6.07 Å². The Morgan fingerprint density at radius 2 is 2.16 bits per heavy atom. The van der Waals surface area contributed by atoms with Crippen LogP contribution in [0.5, 0.6) is 0 Å². The lowest BCUT2D eigenvalue weighted by Crippen LogP contribution is -2.41. The van der Waals surface area contributed by atoms with E-state index in [4.69, 9.17) is 21.6 Å². The first-order valence-corrected chi connectivity index (χ1v) is 9.59. The molecule has 0 saturated carbocycles. The van der Waals surface area contributed by atoms with Gasteiger partial charge in [-0.15, -0.1) is 5.48 Å². The third kappa shape index (κ3) is 3.98. The van der Waals surface area contributed by atoms with Crippen LogP contribution >= 0.6 is 0 Å². The van der Waals surface area contributed by atoms with E-state index in [9.17, 15) is 8.78 Å². The molecule has 0 fully saturated rings. The SMILES string of the molecule is N#Cc1cnc2c(Nc3ccc(F)c([C@]4(CF)C[C@@H](CN)NOC(N)=N4)c3)ncnc2c1. The number of aliphatic imine (C=N–C) groups is 1. The van der Waals surface area contributed by atoms with Crippen molar-refractivity contribution in [2.75, 3.05) is 18.5 Å². The number of fused-ring (bicyclic) bond motifs is 1. The van der Waals surface area contributed by atoms with Crippen molar-refractivity contribution in [2.24, 2.45) is 16.5 Å². The highest BCUT2D eigenvalue weighted by Gasteiger charge is 2.40. The average molecular weight is 439 g/mol. The van der Waals surface area contributed by atoms with E-state index in [1.807, 2.05) is 6.07 Å². The van der Waals surface area contributed by atoms with Gasteiger partial charge in [-0.2, -0.15) is 5.26 Å². The van der Waals surface area contributed by atoms with Gasteiger partial charge in [0.15, 0.2) is 5.82 Å². The van der Waals surface area contributed by atoms with Crippen LogP contribution < -0.4 is 22.3 Å². The predicted octanol–water partition coefficient (Wildman–Crippen LogP) is 1.51. The fourth-order valence-electron chi connectivity index (χ4n) is 3.52. The van der Waals surface area contributed by atoms with E-state index in [1.165, 1.54) is 30.7 Å². The van der Waals surface area contributed by atoms with Gasteiger partial charge in [0, 0.05) is 24.0 Å². The molecular weight excluding hydrogens is 420 g/mol. The van der Waals surface area contributed by atoms with E-state index in [0.29, 0.717) is 28.1 Å². The molecule has 32 heavy (non-hydrogen) atoms. The molecule has 1 aliphatic heterocycles. The third-order valence-corrected chi connectivity index (χ3v) is 5.08. The van der Waals surface area contributed by atoms with Crippen molar-refractivity contribution in [1.82, 2.24) is 20.4 Å². The van der Waals surface area contributed by atoms with Crippen LogP contribution in [0.25, 0.3) is 11.0 Å². The number of hydrogen-bond acceptors (Lipinski definition) is 10. The molecular formula is C20H19F2N9O. The van der Waals surface area contributed by atoms with Gasteiger partial charge in [-0.25, -0.2) is 28.7 Å². The standard InChI is InChI=1S/C20H19F2N9O/c21-9-20(5-13(7-24)31-32-19(25)30-20)14-4-12(1-2-15(14)22)29-18-17-16(27-10-28-18)3-11(6-23)8-26-17/h1-4,8,10,13,31H,5,7,9,24H2,(H2,25,30)(H,27,28,29)/t13-,20+/m0/s1. The third-order valence-electron chi connectivity index (χ3n) is 5.08. The highest BCUT2D eigenvalue weighted by atomic mass is 19.1. The summed E-state index contributed by atoms with van der Waals surface area (Å²) in [5, 5.41) is 12.1. The average Bonchev–Trinajstić information content (AvgIpc) is 2.99. The van der Waals surface area contributed by atoms with Gasteiger partial charge in [-0.1, -0.05) is 0 Å². The molecule has 2 aromatic heterocycles. The Morgan fingerprint density at radius 3 is 2.91 bits per heavy atom. The van der Waals surface area contributed by atoms with Gasteiger partial charge in [0.2, 0.25) is 0 Å². The number of rotatable bonds is 5. The quantitative estimate of drug-likeness (QED) is 0.462. The number of hydrogen-bond donors (Lipinski definition) is 4. The number of nitrogens with one attached hydrogen (secondary N) is 2. The molecule has 3 heterocycles. The molecule has 0 unspecified atom stereocenters. The van der Waals surface area contributed by atoms with Gasteiger partial charge in [0.05, 0.1) is 17.1 Å². The van der Waals surface area contributed by atoms with Crippen LogP contribution in [0.15, 0.2) is 41.8 Å².